The molecule has 0 unspecified atom stereocenters. The molecule has 0 atom stereocenters. The summed E-state index contributed by atoms with van der Waals surface area (Å²) in [5.74, 6) is 3.45. The van der Waals surface area contributed by atoms with Gasteiger partial charge in [-0.05, 0) is 117 Å². The van der Waals surface area contributed by atoms with Gasteiger partial charge < -0.3 is 4.74 Å². The molecule has 0 saturated heterocycles. The summed E-state index contributed by atoms with van der Waals surface area (Å²) in [5.41, 5.74) is 1.74. The van der Waals surface area contributed by atoms with E-state index < -0.39 is 5.97 Å². The first kappa shape index (κ1) is 23.4. The monoisotopic (exact) mass is 470 g/mol. The molecule has 0 aromatic heterocycles. The highest BCUT2D eigenvalue weighted by Gasteiger charge is 2.31. The van der Waals surface area contributed by atoms with Gasteiger partial charge in [0.2, 0.25) is 0 Å². The minimum absolute atomic E-state index is 0.344. The summed E-state index contributed by atoms with van der Waals surface area (Å²) in [6, 6.07) is 12.8. The maximum atomic E-state index is 12.4. The van der Waals surface area contributed by atoms with Crippen molar-refractivity contribution in [3.63, 3.8) is 0 Å². The lowest BCUT2D eigenvalue weighted by Crippen LogP contribution is -2.25. The van der Waals surface area contributed by atoms with Gasteiger partial charge in [0.15, 0.2) is 0 Å². The molecule has 0 amide bonds. The van der Waals surface area contributed by atoms with Crippen molar-refractivity contribution in [2.24, 2.45) is 17.8 Å². The molecular formula is C28H32Cl2O2. The summed E-state index contributed by atoms with van der Waals surface area (Å²) in [6.45, 7) is 3.91. The number of hydrogen-bond acceptors (Lipinski definition) is 2. The van der Waals surface area contributed by atoms with Crippen molar-refractivity contribution in [1.29, 1.82) is 0 Å². The second-order valence-corrected chi connectivity index (χ2v) is 10.3. The molecule has 170 valence electrons. The molecule has 32 heavy (non-hydrogen) atoms. The fourth-order valence-corrected chi connectivity index (χ4v) is 5.95. The highest BCUT2D eigenvalue weighted by molar-refractivity contribution is 6.42. The lowest BCUT2D eigenvalue weighted by molar-refractivity contribution is 0.0734. The highest BCUT2D eigenvalue weighted by Crippen LogP contribution is 2.44. The van der Waals surface area contributed by atoms with E-state index >= 15 is 0 Å². The van der Waals surface area contributed by atoms with Gasteiger partial charge in [-0.2, -0.15) is 0 Å². The summed E-state index contributed by atoms with van der Waals surface area (Å²) >= 11 is 11.9. The van der Waals surface area contributed by atoms with Crippen molar-refractivity contribution >= 4 is 29.2 Å². The molecule has 2 saturated carbocycles. The van der Waals surface area contributed by atoms with Gasteiger partial charge in [0.1, 0.15) is 5.75 Å². The summed E-state index contributed by atoms with van der Waals surface area (Å²) in [5, 5.41) is 0.763. The predicted molar refractivity (Wildman–Crippen MR) is 133 cm³/mol. The molecule has 2 nitrogen and oxygen atoms in total. The van der Waals surface area contributed by atoms with Crippen molar-refractivity contribution in [2.45, 2.75) is 63.7 Å². The van der Waals surface area contributed by atoms with E-state index in [-0.39, 0.29) is 0 Å². The van der Waals surface area contributed by atoms with Crippen molar-refractivity contribution in [1.82, 2.24) is 0 Å². The van der Waals surface area contributed by atoms with E-state index in [1.165, 1.54) is 69.4 Å². The lowest BCUT2D eigenvalue weighted by atomic mass is 9.68. The van der Waals surface area contributed by atoms with Gasteiger partial charge in [0.25, 0.3) is 0 Å². The third kappa shape index (κ3) is 5.77. The molecule has 2 aromatic rings. The third-order valence-electron chi connectivity index (χ3n) is 7.55. The Balaban J connectivity index is 1.27. The van der Waals surface area contributed by atoms with Gasteiger partial charge >= 0.3 is 5.97 Å². The number of benzene rings is 2. The van der Waals surface area contributed by atoms with Crippen LogP contribution in [0.15, 0.2) is 55.1 Å². The number of hydrogen-bond donors (Lipinski definition) is 0. The molecule has 0 bridgehead atoms. The van der Waals surface area contributed by atoms with Crippen molar-refractivity contribution in [2.75, 3.05) is 0 Å². The fourth-order valence-electron chi connectivity index (χ4n) is 5.65. The average molecular weight is 471 g/mol. The molecule has 4 heteroatoms. The van der Waals surface area contributed by atoms with E-state index in [0.717, 1.165) is 17.8 Å². The molecule has 0 aliphatic heterocycles. The topological polar surface area (TPSA) is 26.3 Å². The van der Waals surface area contributed by atoms with Crippen LogP contribution < -0.4 is 4.74 Å². The number of carbonyl (C=O) groups is 1. The molecule has 2 fully saturated rings. The molecule has 2 aliphatic carbocycles. The van der Waals surface area contributed by atoms with Crippen LogP contribution >= 0.6 is 23.2 Å². The minimum Gasteiger partial charge on any atom is -0.423 e. The standard InChI is InChI=1S/C28H32Cl2O2/c1-2-3-19-4-6-20(7-5-19)21-8-10-22(11-9-21)23-12-15-25(16-13-23)32-28(31)24-14-17-26(29)27(30)18-24/h2,12-22H,1,3-11H2. The third-order valence-corrected chi connectivity index (χ3v) is 8.29. The lowest BCUT2D eigenvalue weighted by Gasteiger charge is -2.38. The second-order valence-electron chi connectivity index (χ2n) is 9.50. The van der Waals surface area contributed by atoms with E-state index in [4.69, 9.17) is 27.9 Å². The summed E-state index contributed by atoms with van der Waals surface area (Å²) < 4.78 is 5.51. The van der Waals surface area contributed by atoms with Crippen LogP contribution in [-0.4, -0.2) is 5.97 Å². The summed E-state index contributed by atoms with van der Waals surface area (Å²) in [6.07, 6.45) is 14.1. The van der Waals surface area contributed by atoms with E-state index in [2.05, 4.69) is 24.8 Å². The van der Waals surface area contributed by atoms with Crippen LogP contribution in [0.1, 0.15) is 79.6 Å². The summed E-state index contributed by atoms with van der Waals surface area (Å²) in [7, 11) is 0. The van der Waals surface area contributed by atoms with Crippen LogP contribution in [0.2, 0.25) is 10.0 Å². The van der Waals surface area contributed by atoms with Gasteiger partial charge in [0.05, 0.1) is 15.6 Å². The maximum absolute atomic E-state index is 12.4. The van der Waals surface area contributed by atoms with Crippen LogP contribution in [0.4, 0.5) is 0 Å². The highest BCUT2D eigenvalue weighted by atomic mass is 35.5. The fraction of sp³-hybridized carbons (Fsp3) is 0.464. The molecule has 0 N–H and O–H groups in total. The zero-order chi connectivity index (χ0) is 22.5. The Kier molecular flexibility index (Phi) is 7.97. The Morgan fingerprint density at radius 1 is 0.875 bits per heavy atom. The quantitative estimate of drug-likeness (QED) is 0.239. The van der Waals surface area contributed by atoms with Crippen LogP contribution in [-0.2, 0) is 0 Å². The van der Waals surface area contributed by atoms with E-state index in [1.807, 2.05) is 12.1 Å². The Bertz CT molecular complexity index is 921. The van der Waals surface area contributed by atoms with Crippen molar-refractivity contribution in [3.05, 3.63) is 76.3 Å². The van der Waals surface area contributed by atoms with Crippen molar-refractivity contribution < 1.29 is 9.53 Å². The van der Waals surface area contributed by atoms with Crippen LogP contribution in [0, 0.1) is 17.8 Å². The van der Waals surface area contributed by atoms with Gasteiger partial charge in [-0.15, -0.1) is 6.58 Å². The van der Waals surface area contributed by atoms with Gasteiger partial charge in [-0.3, -0.25) is 0 Å². The minimum atomic E-state index is -0.431. The second kappa shape index (κ2) is 10.9. The van der Waals surface area contributed by atoms with E-state index in [9.17, 15) is 4.79 Å². The SMILES string of the molecule is C=CCC1CCC(C2CCC(c3ccc(OC(=O)c4ccc(Cl)c(Cl)c4)cc3)CC2)CC1. The molecule has 4 rings (SSSR count). The molecule has 0 radical (unpaired) electrons. The van der Waals surface area contributed by atoms with Gasteiger partial charge in [-0.25, -0.2) is 4.79 Å². The number of esters is 1. The molecule has 2 aliphatic rings. The number of carbonyl (C=O) groups excluding carboxylic acids is 1. The molecule has 2 aromatic carbocycles. The zero-order valence-corrected chi connectivity index (χ0v) is 20.1. The first-order valence-electron chi connectivity index (χ1n) is 11.9. The largest absolute Gasteiger partial charge is 0.423 e. The predicted octanol–water partition coefficient (Wildman–Crippen LogP) is 8.87. The molecule has 0 heterocycles. The zero-order valence-electron chi connectivity index (χ0n) is 18.6. The Morgan fingerprint density at radius 2 is 1.50 bits per heavy atom. The maximum Gasteiger partial charge on any atom is 0.343 e. The number of halogens is 2. The average Bonchev–Trinajstić information content (AvgIpc) is 2.82. The Hall–Kier alpha value is -1.77. The Morgan fingerprint density at radius 3 is 2.09 bits per heavy atom. The molecule has 0 spiro atoms. The molecular weight excluding hydrogens is 439 g/mol. The van der Waals surface area contributed by atoms with Crippen LogP contribution in [0.25, 0.3) is 0 Å². The van der Waals surface area contributed by atoms with E-state index in [1.54, 1.807) is 12.1 Å². The number of ether oxygens (including phenoxy) is 1. The number of rotatable bonds is 6. The summed E-state index contributed by atoms with van der Waals surface area (Å²) in [4.78, 5) is 12.4. The Labute approximate surface area is 202 Å². The van der Waals surface area contributed by atoms with Crippen molar-refractivity contribution in [3.8, 4) is 5.75 Å². The van der Waals surface area contributed by atoms with Crippen LogP contribution in [0.3, 0.4) is 0 Å². The smallest absolute Gasteiger partial charge is 0.343 e. The van der Waals surface area contributed by atoms with Gasteiger partial charge in [-0.1, -0.05) is 41.4 Å². The normalized spacial score (nSPS) is 25.8. The van der Waals surface area contributed by atoms with E-state index in [0.29, 0.717) is 27.3 Å². The first-order chi connectivity index (χ1) is 15.5. The van der Waals surface area contributed by atoms with Gasteiger partial charge in [0, 0.05) is 0 Å². The number of allylic oxidation sites excluding steroid dienone is 1. The first-order valence-corrected chi connectivity index (χ1v) is 12.7. The van der Waals surface area contributed by atoms with Crippen LogP contribution in [0.5, 0.6) is 5.75 Å².